The number of rotatable bonds is 14. The highest BCUT2D eigenvalue weighted by molar-refractivity contribution is 5.70. The van der Waals surface area contributed by atoms with E-state index in [9.17, 15) is 4.79 Å². The van der Waals surface area contributed by atoms with Gasteiger partial charge in [0.15, 0.2) is 0 Å². The summed E-state index contributed by atoms with van der Waals surface area (Å²) in [6.45, 7) is 3.56. The molecule has 0 saturated carbocycles. The highest BCUT2D eigenvalue weighted by atomic mass is 16.7. The Hall–Kier alpha value is -1.84. The van der Waals surface area contributed by atoms with Crippen molar-refractivity contribution in [1.29, 1.82) is 0 Å². The number of nitrogens with zero attached hydrogens (tertiary/aromatic N) is 2. The van der Waals surface area contributed by atoms with E-state index >= 15 is 0 Å². The molecule has 0 aromatic carbocycles. The van der Waals surface area contributed by atoms with Gasteiger partial charge >= 0.3 is 5.97 Å². The molecule has 0 amide bonds. The number of hydrogen-bond acceptors (Lipinski definition) is 4. The van der Waals surface area contributed by atoms with Gasteiger partial charge in [-0.3, -0.25) is 4.99 Å². The molecule has 0 bridgehead atoms. The van der Waals surface area contributed by atoms with Gasteiger partial charge in [-0.2, -0.15) is 5.06 Å². The smallest absolute Gasteiger partial charge is 0.332 e. The molecule has 0 fully saturated rings. The van der Waals surface area contributed by atoms with Crippen LogP contribution in [-0.2, 0) is 9.63 Å². The molecule has 0 unspecified atom stereocenters. The van der Waals surface area contributed by atoms with Crippen LogP contribution < -0.4 is 0 Å². The molecule has 0 aliphatic carbocycles. The quantitative estimate of drug-likeness (QED) is 0.313. The van der Waals surface area contributed by atoms with E-state index in [1.165, 1.54) is 24.3 Å². The summed E-state index contributed by atoms with van der Waals surface area (Å²) in [7, 11) is 0. The number of aliphatic imine (C=N–C) groups is 1. The minimum atomic E-state index is -0.144. The summed E-state index contributed by atoms with van der Waals surface area (Å²) in [6.07, 6.45) is 25.5. The molecule has 1 aliphatic heterocycles. The van der Waals surface area contributed by atoms with Gasteiger partial charge in [-0.05, 0) is 38.5 Å². The summed E-state index contributed by atoms with van der Waals surface area (Å²) in [5.41, 5.74) is 0. The van der Waals surface area contributed by atoms with Gasteiger partial charge in [0.1, 0.15) is 6.34 Å². The molecular formula is C21H34N2O2. The Bertz CT molecular complexity index is 453. The first kappa shape index (κ1) is 21.2. The molecule has 0 radical (unpaired) electrons. The van der Waals surface area contributed by atoms with Crippen LogP contribution in [0, 0.1) is 0 Å². The third-order valence-corrected chi connectivity index (χ3v) is 3.91. The molecule has 25 heavy (non-hydrogen) atoms. The van der Waals surface area contributed by atoms with Gasteiger partial charge in [0.05, 0.1) is 13.1 Å². The first-order valence-corrected chi connectivity index (χ1v) is 9.75. The van der Waals surface area contributed by atoms with Crippen LogP contribution in [0.25, 0.3) is 0 Å². The maximum absolute atomic E-state index is 11.6. The molecule has 0 saturated heterocycles. The van der Waals surface area contributed by atoms with Gasteiger partial charge < -0.3 is 4.84 Å². The van der Waals surface area contributed by atoms with E-state index < -0.39 is 0 Å². The molecule has 0 aromatic heterocycles. The van der Waals surface area contributed by atoms with Crippen molar-refractivity contribution in [2.45, 2.75) is 71.1 Å². The second-order valence-corrected chi connectivity index (χ2v) is 6.23. The Labute approximate surface area is 153 Å². The Morgan fingerprint density at radius 3 is 2.40 bits per heavy atom. The van der Waals surface area contributed by atoms with Crippen LogP contribution >= 0.6 is 0 Å². The lowest BCUT2D eigenvalue weighted by atomic mass is 10.1. The zero-order valence-electron chi connectivity index (χ0n) is 15.7. The average Bonchev–Trinajstić information content (AvgIpc) is 3.11. The van der Waals surface area contributed by atoms with Crippen LogP contribution in [-0.4, -0.2) is 30.5 Å². The van der Waals surface area contributed by atoms with E-state index in [1.807, 2.05) is 0 Å². The summed E-state index contributed by atoms with van der Waals surface area (Å²) < 4.78 is 0. The van der Waals surface area contributed by atoms with Crippen LogP contribution in [0.5, 0.6) is 0 Å². The van der Waals surface area contributed by atoms with Crippen molar-refractivity contribution in [2.75, 3.05) is 13.1 Å². The molecule has 0 aromatic rings. The van der Waals surface area contributed by atoms with E-state index in [0.29, 0.717) is 19.5 Å². The number of carbonyl (C=O) groups is 1. The third kappa shape index (κ3) is 13.2. The van der Waals surface area contributed by atoms with Gasteiger partial charge in [0.25, 0.3) is 0 Å². The maximum atomic E-state index is 11.6. The summed E-state index contributed by atoms with van der Waals surface area (Å²) in [4.78, 5) is 20.8. The van der Waals surface area contributed by atoms with Crippen molar-refractivity contribution in [2.24, 2.45) is 4.99 Å². The molecule has 0 atom stereocenters. The van der Waals surface area contributed by atoms with Crippen molar-refractivity contribution in [3.63, 3.8) is 0 Å². The normalized spacial score (nSPS) is 14.5. The zero-order chi connectivity index (χ0) is 18.0. The Morgan fingerprint density at radius 1 is 1.00 bits per heavy atom. The zero-order valence-corrected chi connectivity index (χ0v) is 15.7. The summed E-state index contributed by atoms with van der Waals surface area (Å²) in [5, 5.41) is 1.52. The van der Waals surface area contributed by atoms with E-state index in [-0.39, 0.29) is 5.97 Å². The molecule has 1 heterocycles. The Morgan fingerprint density at radius 2 is 1.68 bits per heavy atom. The largest absolute Gasteiger partial charge is 0.340 e. The topological polar surface area (TPSA) is 41.9 Å². The van der Waals surface area contributed by atoms with Crippen molar-refractivity contribution in [3.8, 4) is 0 Å². The standard InChI is InChI=1S/C21H34N2O2/c1-2-3-4-5-6-7-8-9-10-11-12-13-14-15-16-17-21(24)25-23-19-18-22-20-23/h3-4,6-7,9-10,20H,2,5,8,11-19H2,1H3/b4-3-,7-6-,10-9-. The molecule has 1 aliphatic rings. The number of hydrogen-bond donors (Lipinski definition) is 0. The molecule has 140 valence electrons. The van der Waals surface area contributed by atoms with Crippen LogP contribution in [0.15, 0.2) is 41.4 Å². The molecular weight excluding hydrogens is 312 g/mol. The Kier molecular flexibility index (Phi) is 13.3. The lowest BCUT2D eigenvalue weighted by Gasteiger charge is -2.12. The van der Waals surface area contributed by atoms with Crippen LogP contribution in [0.2, 0.25) is 0 Å². The SMILES string of the molecule is CC/C=C\C/C=C\C/C=C\CCCCCCCC(=O)ON1C=NCC1. The van der Waals surface area contributed by atoms with Gasteiger partial charge in [0, 0.05) is 6.42 Å². The maximum Gasteiger partial charge on any atom is 0.332 e. The first-order valence-electron chi connectivity index (χ1n) is 9.75. The van der Waals surface area contributed by atoms with Crippen molar-refractivity contribution in [1.82, 2.24) is 5.06 Å². The minimum Gasteiger partial charge on any atom is -0.340 e. The van der Waals surface area contributed by atoms with Crippen molar-refractivity contribution >= 4 is 12.3 Å². The highest BCUT2D eigenvalue weighted by Gasteiger charge is 2.11. The summed E-state index contributed by atoms with van der Waals surface area (Å²) in [6, 6.07) is 0. The van der Waals surface area contributed by atoms with E-state index in [2.05, 4.69) is 48.4 Å². The fourth-order valence-electron chi connectivity index (χ4n) is 2.50. The first-order chi connectivity index (χ1) is 12.3. The molecule has 1 rings (SSSR count). The molecule has 4 nitrogen and oxygen atoms in total. The highest BCUT2D eigenvalue weighted by Crippen LogP contribution is 2.09. The van der Waals surface area contributed by atoms with Crippen molar-refractivity contribution < 1.29 is 9.63 Å². The second-order valence-electron chi connectivity index (χ2n) is 6.23. The summed E-state index contributed by atoms with van der Waals surface area (Å²) >= 11 is 0. The van der Waals surface area contributed by atoms with Crippen LogP contribution in [0.3, 0.4) is 0 Å². The predicted molar refractivity (Wildman–Crippen MR) is 105 cm³/mol. The lowest BCUT2D eigenvalue weighted by molar-refractivity contribution is -0.170. The van der Waals surface area contributed by atoms with E-state index in [0.717, 1.165) is 38.5 Å². The number of unbranched alkanes of at least 4 members (excludes halogenated alkanes) is 5. The van der Waals surface area contributed by atoms with Gasteiger partial charge in [0.2, 0.25) is 0 Å². The fraction of sp³-hybridized carbons (Fsp3) is 0.619. The summed E-state index contributed by atoms with van der Waals surface area (Å²) in [5.74, 6) is -0.144. The Balaban J connectivity index is 1.83. The number of allylic oxidation sites excluding steroid dienone is 6. The minimum absolute atomic E-state index is 0.144. The number of carbonyl (C=O) groups excluding carboxylic acids is 1. The second kappa shape index (κ2) is 15.7. The van der Waals surface area contributed by atoms with Crippen LogP contribution in [0.4, 0.5) is 0 Å². The molecule has 0 N–H and O–H groups in total. The monoisotopic (exact) mass is 346 g/mol. The lowest BCUT2D eigenvalue weighted by Crippen LogP contribution is -2.24. The average molecular weight is 347 g/mol. The van der Waals surface area contributed by atoms with E-state index in [1.54, 1.807) is 6.34 Å². The van der Waals surface area contributed by atoms with Gasteiger partial charge in [-0.15, -0.1) is 0 Å². The predicted octanol–water partition coefficient (Wildman–Crippen LogP) is 5.38. The number of hydroxylamine groups is 2. The third-order valence-electron chi connectivity index (χ3n) is 3.91. The van der Waals surface area contributed by atoms with Gasteiger partial charge in [-0.25, -0.2) is 4.79 Å². The van der Waals surface area contributed by atoms with Crippen LogP contribution in [0.1, 0.15) is 71.1 Å². The van der Waals surface area contributed by atoms with Gasteiger partial charge in [-0.1, -0.05) is 62.6 Å². The molecule has 0 spiro atoms. The van der Waals surface area contributed by atoms with E-state index in [4.69, 9.17) is 4.84 Å². The molecule has 4 heteroatoms. The van der Waals surface area contributed by atoms with Crippen molar-refractivity contribution in [3.05, 3.63) is 36.5 Å². The fourth-order valence-corrected chi connectivity index (χ4v) is 2.50.